The fourth-order valence-electron chi connectivity index (χ4n) is 3.08. The number of ether oxygens (including phenoxy) is 1. The van der Waals surface area contributed by atoms with Crippen LogP contribution in [0.4, 0.5) is 4.39 Å². The van der Waals surface area contributed by atoms with Crippen molar-refractivity contribution in [3.05, 3.63) is 53.8 Å². The third kappa shape index (κ3) is 3.23. The third-order valence-electron chi connectivity index (χ3n) is 4.49. The molecule has 0 spiro atoms. The number of aromatic nitrogens is 3. The van der Waals surface area contributed by atoms with Gasteiger partial charge >= 0.3 is 0 Å². The molecule has 1 fully saturated rings. The van der Waals surface area contributed by atoms with E-state index in [0.29, 0.717) is 35.3 Å². The van der Waals surface area contributed by atoms with Crippen molar-refractivity contribution in [1.82, 2.24) is 20.3 Å². The number of carbonyl (C=O) groups is 1. The van der Waals surface area contributed by atoms with Gasteiger partial charge in [0.2, 0.25) is 0 Å². The molecule has 2 N–H and O–H groups in total. The van der Waals surface area contributed by atoms with Crippen molar-refractivity contribution in [1.29, 1.82) is 0 Å². The number of nitrogens with one attached hydrogen (secondary N) is 1. The molecular formula is C18H17FN4O3. The van der Waals surface area contributed by atoms with Crippen molar-refractivity contribution in [2.24, 2.45) is 0 Å². The number of carbonyl (C=O) groups excluding carboxylic acids is 1. The zero-order valence-corrected chi connectivity index (χ0v) is 13.9. The summed E-state index contributed by atoms with van der Waals surface area (Å²) in [6.07, 6.45) is 0.389. The van der Waals surface area contributed by atoms with E-state index in [4.69, 9.17) is 4.74 Å². The summed E-state index contributed by atoms with van der Waals surface area (Å²) in [6.45, 7) is 0.555. The molecule has 1 aliphatic rings. The first-order chi connectivity index (χ1) is 12.5. The Morgan fingerprint density at radius 1 is 1.27 bits per heavy atom. The van der Waals surface area contributed by atoms with Crippen molar-refractivity contribution < 1.29 is 19.0 Å². The lowest BCUT2D eigenvalue weighted by Crippen LogP contribution is -2.40. The second-order valence-electron chi connectivity index (χ2n) is 6.47. The zero-order valence-electron chi connectivity index (χ0n) is 13.9. The molecule has 1 amide bonds. The van der Waals surface area contributed by atoms with E-state index in [2.05, 4.69) is 15.4 Å². The van der Waals surface area contributed by atoms with Crippen LogP contribution in [0, 0.1) is 5.82 Å². The Balaban J connectivity index is 1.42. The maximum Gasteiger partial charge on any atom is 0.254 e. The molecule has 0 aliphatic carbocycles. The summed E-state index contributed by atoms with van der Waals surface area (Å²) in [7, 11) is 0. The number of amides is 1. The number of aromatic amines is 1. The minimum atomic E-state index is -1.17. The molecule has 2 heterocycles. The monoisotopic (exact) mass is 356 g/mol. The fraction of sp³-hybridized carbons (Fsp3) is 0.278. The Bertz CT molecular complexity index is 960. The lowest BCUT2D eigenvalue weighted by molar-refractivity contribution is 0.00423. The summed E-state index contributed by atoms with van der Waals surface area (Å²) in [4.78, 5) is 14.3. The highest BCUT2D eigenvalue weighted by atomic mass is 19.1. The quantitative estimate of drug-likeness (QED) is 0.743. The minimum absolute atomic E-state index is 0.0114. The topological polar surface area (TPSA) is 91.3 Å². The van der Waals surface area contributed by atoms with Gasteiger partial charge in [0.15, 0.2) is 0 Å². The number of fused-ring (bicyclic) bond motifs is 1. The summed E-state index contributed by atoms with van der Waals surface area (Å²) >= 11 is 0. The summed E-state index contributed by atoms with van der Waals surface area (Å²) in [6, 6.07) is 10.8. The van der Waals surface area contributed by atoms with Crippen molar-refractivity contribution in [2.45, 2.75) is 12.0 Å². The van der Waals surface area contributed by atoms with Crippen LogP contribution in [0.15, 0.2) is 42.5 Å². The van der Waals surface area contributed by atoms with Gasteiger partial charge in [-0.25, -0.2) is 4.39 Å². The molecule has 3 aromatic rings. The zero-order chi connectivity index (χ0) is 18.1. The number of aliphatic hydroxyl groups is 1. The van der Waals surface area contributed by atoms with Crippen LogP contribution in [-0.2, 0) is 0 Å². The van der Waals surface area contributed by atoms with E-state index in [1.54, 1.807) is 35.2 Å². The standard InChI is InChI=1S/C18H17FN4O3/c19-13-2-1-3-14(9-13)26-11-18(25)6-7-23(10-18)17(24)12-4-5-15-16(8-12)21-22-20-15/h1-5,8-9,25H,6-7,10-11H2,(H,20,21,22)/t18-/m0/s1. The van der Waals surface area contributed by atoms with E-state index >= 15 is 0 Å². The summed E-state index contributed by atoms with van der Waals surface area (Å²) < 4.78 is 18.7. The van der Waals surface area contributed by atoms with Crippen LogP contribution in [0.25, 0.3) is 11.0 Å². The van der Waals surface area contributed by atoms with Crippen molar-refractivity contribution in [3.63, 3.8) is 0 Å². The highest BCUT2D eigenvalue weighted by molar-refractivity contribution is 5.97. The Labute approximate surface area is 148 Å². The van der Waals surface area contributed by atoms with Gasteiger partial charge in [-0.15, -0.1) is 0 Å². The van der Waals surface area contributed by atoms with E-state index in [0.717, 1.165) is 0 Å². The van der Waals surface area contributed by atoms with Gasteiger partial charge in [-0.2, -0.15) is 15.4 Å². The smallest absolute Gasteiger partial charge is 0.254 e. The maximum absolute atomic E-state index is 13.2. The van der Waals surface area contributed by atoms with Gasteiger partial charge in [0.25, 0.3) is 5.91 Å². The van der Waals surface area contributed by atoms with Gasteiger partial charge in [-0.3, -0.25) is 4.79 Å². The molecule has 1 aliphatic heterocycles. The van der Waals surface area contributed by atoms with Gasteiger partial charge in [0.05, 0.1) is 6.54 Å². The number of halogens is 1. The number of nitrogens with zero attached hydrogens (tertiary/aromatic N) is 3. The molecule has 0 saturated carbocycles. The molecule has 1 aromatic heterocycles. The molecule has 1 atom stereocenters. The van der Waals surface area contributed by atoms with Gasteiger partial charge in [-0.05, 0) is 36.8 Å². The number of β-amino-alcohol motifs (C(OH)–C–C–N with tert-alkyl or cyclic N) is 1. The Morgan fingerprint density at radius 3 is 2.96 bits per heavy atom. The molecule has 134 valence electrons. The van der Waals surface area contributed by atoms with Gasteiger partial charge < -0.3 is 14.7 Å². The first-order valence-electron chi connectivity index (χ1n) is 8.23. The molecule has 1 saturated heterocycles. The molecule has 0 bridgehead atoms. The number of likely N-dealkylation sites (tertiary alicyclic amines) is 1. The molecule has 26 heavy (non-hydrogen) atoms. The van der Waals surface area contributed by atoms with Crippen LogP contribution in [-0.4, -0.2) is 56.6 Å². The van der Waals surface area contributed by atoms with Crippen molar-refractivity contribution in [3.8, 4) is 5.75 Å². The van der Waals surface area contributed by atoms with Crippen molar-refractivity contribution >= 4 is 16.9 Å². The second kappa shape index (κ2) is 6.38. The summed E-state index contributed by atoms with van der Waals surface area (Å²) in [5, 5.41) is 21.1. The lowest BCUT2D eigenvalue weighted by atomic mass is 10.1. The van der Waals surface area contributed by atoms with Crippen LogP contribution < -0.4 is 4.74 Å². The maximum atomic E-state index is 13.2. The molecule has 2 aromatic carbocycles. The van der Waals surface area contributed by atoms with E-state index in [-0.39, 0.29) is 19.1 Å². The largest absolute Gasteiger partial charge is 0.490 e. The van der Waals surface area contributed by atoms with Gasteiger partial charge in [0, 0.05) is 18.2 Å². The second-order valence-corrected chi connectivity index (χ2v) is 6.47. The SMILES string of the molecule is O=C(c1ccc2n[nH]nc2c1)N1CC[C@@](O)(COc2cccc(F)c2)C1. The third-order valence-corrected chi connectivity index (χ3v) is 4.49. The van der Waals surface area contributed by atoms with Crippen molar-refractivity contribution in [2.75, 3.05) is 19.7 Å². The Hall–Kier alpha value is -3.00. The Kier molecular flexibility index (Phi) is 4.04. The molecule has 8 heteroatoms. The number of hydrogen-bond acceptors (Lipinski definition) is 5. The van der Waals surface area contributed by atoms with E-state index in [9.17, 15) is 14.3 Å². The minimum Gasteiger partial charge on any atom is -0.490 e. The van der Waals surface area contributed by atoms with Crippen LogP contribution in [0.3, 0.4) is 0 Å². The highest BCUT2D eigenvalue weighted by Crippen LogP contribution is 2.25. The number of rotatable bonds is 4. The van der Waals surface area contributed by atoms with E-state index in [1.165, 1.54) is 12.1 Å². The Morgan fingerprint density at radius 2 is 2.12 bits per heavy atom. The normalized spacial score (nSPS) is 19.8. The summed E-state index contributed by atoms with van der Waals surface area (Å²) in [5.41, 5.74) is 0.615. The van der Waals surface area contributed by atoms with Crippen LogP contribution >= 0.6 is 0 Å². The number of benzene rings is 2. The van der Waals surface area contributed by atoms with Crippen LogP contribution in [0.5, 0.6) is 5.75 Å². The predicted octanol–water partition coefficient (Wildman–Crippen LogP) is 1.75. The fourth-order valence-corrected chi connectivity index (χ4v) is 3.08. The van der Waals surface area contributed by atoms with Gasteiger partial charge in [-0.1, -0.05) is 6.07 Å². The van der Waals surface area contributed by atoms with Crippen LogP contribution in [0.1, 0.15) is 16.8 Å². The van der Waals surface area contributed by atoms with E-state index in [1.807, 2.05) is 0 Å². The average molecular weight is 356 g/mol. The van der Waals surface area contributed by atoms with Crippen LogP contribution in [0.2, 0.25) is 0 Å². The molecular weight excluding hydrogens is 339 g/mol. The molecule has 0 radical (unpaired) electrons. The lowest BCUT2D eigenvalue weighted by Gasteiger charge is -2.23. The highest BCUT2D eigenvalue weighted by Gasteiger charge is 2.39. The van der Waals surface area contributed by atoms with Gasteiger partial charge in [0.1, 0.15) is 34.8 Å². The molecule has 7 nitrogen and oxygen atoms in total. The first-order valence-corrected chi connectivity index (χ1v) is 8.23. The predicted molar refractivity (Wildman–Crippen MR) is 91.3 cm³/mol. The molecule has 4 rings (SSSR count). The number of hydrogen-bond donors (Lipinski definition) is 2. The average Bonchev–Trinajstić information content (AvgIpc) is 3.26. The first kappa shape index (κ1) is 16.5. The summed E-state index contributed by atoms with van der Waals surface area (Å²) in [5.74, 6) is -0.239. The van der Waals surface area contributed by atoms with E-state index < -0.39 is 11.4 Å². The molecule has 0 unspecified atom stereocenters. The number of H-pyrrole nitrogens is 1.